The van der Waals surface area contributed by atoms with Crippen molar-refractivity contribution >= 4 is 11.8 Å². The standard InChI is InChI=1S/C14H16N4O2/c1-9-6-10(2)8-11(7-9)14(20)17-13(12(15)19)18-5-3-4-16-18/h3-8,13H,1-2H3,(H2,15,19)(H,17,20). The number of primary amides is 1. The van der Waals surface area contributed by atoms with Gasteiger partial charge in [-0.1, -0.05) is 17.2 Å². The van der Waals surface area contributed by atoms with Gasteiger partial charge in [-0.15, -0.1) is 0 Å². The normalized spacial score (nSPS) is 11.9. The third kappa shape index (κ3) is 3.03. The lowest BCUT2D eigenvalue weighted by molar-refractivity contribution is -0.122. The number of carbonyl (C=O) groups is 2. The molecule has 1 aromatic heterocycles. The molecule has 2 rings (SSSR count). The van der Waals surface area contributed by atoms with Gasteiger partial charge in [-0.2, -0.15) is 5.10 Å². The first-order chi connectivity index (χ1) is 9.47. The molecule has 2 amide bonds. The fraction of sp³-hybridized carbons (Fsp3) is 0.214. The predicted octanol–water partition coefficient (Wildman–Crippen LogP) is 0.914. The first kappa shape index (κ1) is 13.8. The Morgan fingerprint density at radius 2 is 1.90 bits per heavy atom. The van der Waals surface area contributed by atoms with Crippen LogP contribution in [0, 0.1) is 13.8 Å². The largest absolute Gasteiger partial charge is 0.366 e. The molecule has 0 saturated carbocycles. The minimum absolute atomic E-state index is 0.365. The number of nitrogens with two attached hydrogens (primary N) is 1. The third-order valence-electron chi connectivity index (χ3n) is 2.81. The van der Waals surface area contributed by atoms with Gasteiger partial charge >= 0.3 is 0 Å². The molecule has 0 aliphatic heterocycles. The van der Waals surface area contributed by atoms with Crippen LogP contribution in [0.2, 0.25) is 0 Å². The molecular formula is C14H16N4O2. The molecule has 0 aliphatic carbocycles. The van der Waals surface area contributed by atoms with Crippen LogP contribution in [0.25, 0.3) is 0 Å². The van der Waals surface area contributed by atoms with Gasteiger partial charge in [0.15, 0.2) is 0 Å². The molecule has 0 spiro atoms. The van der Waals surface area contributed by atoms with E-state index in [4.69, 9.17) is 5.73 Å². The van der Waals surface area contributed by atoms with E-state index in [9.17, 15) is 9.59 Å². The van der Waals surface area contributed by atoms with Crippen molar-refractivity contribution in [2.24, 2.45) is 5.73 Å². The Hall–Kier alpha value is -2.63. The van der Waals surface area contributed by atoms with Crippen molar-refractivity contribution in [3.05, 3.63) is 53.3 Å². The third-order valence-corrected chi connectivity index (χ3v) is 2.81. The summed E-state index contributed by atoms with van der Waals surface area (Å²) in [4.78, 5) is 23.6. The summed E-state index contributed by atoms with van der Waals surface area (Å²) in [5, 5.41) is 6.50. The molecule has 0 saturated heterocycles. The number of aromatic nitrogens is 2. The van der Waals surface area contributed by atoms with Crippen LogP contribution < -0.4 is 11.1 Å². The van der Waals surface area contributed by atoms with Crippen LogP contribution in [0.4, 0.5) is 0 Å². The molecule has 1 unspecified atom stereocenters. The Morgan fingerprint density at radius 3 is 2.40 bits per heavy atom. The fourth-order valence-electron chi connectivity index (χ4n) is 2.01. The zero-order chi connectivity index (χ0) is 14.7. The highest BCUT2D eigenvalue weighted by molar-refractivity contribution is 5.97. The molecule has 0 bridgehead atoms. The van der Waals surface area contributed by atoms with Crippen molar-refractivity contribution in [3.8, 4) is 0 Å². The first-order valence-corrected chi connectivity index (χ1v) is 6.15. The molecule has 1 atom stereocenters. The van der Waals surface area contributed by atoms with Crippen molar-refractivity contribution in [1.82, 2.24) is 15.1 Å². The quantitative estimate of drug-likeness (QED) is 0.867. The molecule has 6 nitrogen and oxygen atoms in total. The number of aryl methyl sites for hydroxylation is 2. The lowest BCUT2D eigenvalue weighted by Crippen LogP contribution is -2.41. The van der Waals surface area contributed by atoms with Gasteiger partial charge in [-0.3, -0.25) is 9.59 Å². The Labute approximate surface area is 116 Å². The average Bonchev–Trinajstić information content (AvgIpc) is 2.87. The molecule has 6 heteroatoms. The molecule has 3 N–H and O–H groups in total. The number of hydrogen-bond acceptors (Lipinski definition) is 3. The van der Waals surface area contributed by atoms with E-state index in [1.807, 2.05) is 19.9 Å². The van der Waals surface area contributed by atoms with E-state index < -0.39 is 12.1 Å². The number of amides is 2. The summed E-state index contributed by atoms with van der Waals surface area (Å²) in [6.45, 7) is 3.81. The zero-order valence-corrected chi connectivity index (χ0v) is 11.3. The summed E-state index contributed by atoms with van der Waals surface area (Å²) in [5.74, 6) is -1.04. The van der Waals surface area contributed by atoms with Crippen LogP contribution in [0.3, 0.4) is 0 Å². The van der Waals surface area contributed by atoms with Crippen LogP contribution >= 0.6 is 0 Å². The van der Waals surface area contributed by atoms with Crippen molar-refractivity contribution in [1.29, 1.82) is 0 Å². The zero-order valence-electron chi connectivity index (χ0n) is 11.3. The number of benzene rings is 1. The molecule has 0 aliphatic rings. The maximum absolute atomic E-state index is 12.2. The van der Waals surface area contributed by atoms with Gasteiger partial charge in [0.05, 0.1) is 0 Å². The second kappa shape index (κ2) is 5.56. The molecule has 20 heavy (non-hydrogen) atoms. The SMILES string of the molecule is Cc1cc(C)cc(C(=O)NC(C(N)=O)n2cccn2)c1. The van der Waals surface area contributed by atoms with Crippen molar-refractivity contribution in [2.75, 3.05) is 0 Å². The first-order valence-electron chi connectivity index (χ1n) is 6.15. The second-order valence-corrected chi connectivity index (χ2v) is 4.64. The van der Waals surface area contributed by atoms with Crippen LogP contribution in [0.1, 0.15) is 27.7 Å². The summed E-state index contributed by atoms with van der Waals surface area (Å²) < 4.78 is 1.31. The Balaban J connectivity index is 2.23. The van der Waals surface area contributed by atoms with E-state index in [0.29, 0.717) is 5.56 Å². The van der Waals surface area contributed by atoms with E-state index in [0.717, 1.165) is 11.1 Å². The Bertz CT molecular complexity index is 614. The highest BCUT2D eigenvalue weighted by atomic mass is 16.2. The van der Waals surface area contributed by atoms with Crippen LogP contribution in [0.15, 0.2) is 36.7 Å². The summed E-state index contributed by atoms with van der Waals surface area (Å²) in [5.41, 5.74) is 7.74. The van der Waals surface area contributed by atoms with Gasteiger partial charge in [0.25, 0.3) is 11.8 Å². The van der Waals surface area contributed by atoms with E-state index in [-0.39, 0.29) is 5.91 Å². The number of nitrogens with zero attached hydrogens (tertiary/aromatic N) is 2. The van der Waals surface area contributed by atoms with E-state index in [2.05, 4.69) is 10.4 Å². The smallest absolute Gasteiger partial charge is 0.262 e. The molecule has 104 valence electrons. The monoisotopic (exact) mass is 272 g/mol. The van der Waals surface area contributed by atoms with Gasteiger partial charge in [0, 0.05) is 18.0 Å². The topological polar surface area (TPSA) is 90.0 Å². The minimum atomic E-state index is -1.00. The van der Waals surface area contributed by atoms with Gasteiger partial charge in [-0.25, -0.2) is 4.68 Å². The molecule has 1 heterocycles. The Kier molecular flexibility index (Phi) is 3.84. The van der Waals surface area contributed by atoms with Gasteiger partial charge < -0.3 is 11.1 Å². The number of nitrogens with one attached hydrogen (secondary N) is 1. The summed E-state index contributed by atoms with van der Waals surface area (Å²) in [6.07, 6.45) is 2.08. The van der Waals surface area contributed by atoms with Gasteiger partial charge in [-0.05, 0) is 32.0 Å². The van der Waals surface area contributed by atoms with E-state index >= 15 is 0 Å². The molecule has 0 radical (unpaired) electrons. The van der Waals surface area contributed by atoms with Gasteiger partial charge in [0.1, 0.15) is 0 Å². The minimum Gasteiger partial charge on any atom is -0.366 e. The van der Waals surface area contributed by atoms with E-state index in [1.54, 1.807) is 24.4 Å². The molecule has 1 aromatic carbocycles. The Morgan fingerprint density at radius 1 is 1.25 bits per heavy atom. The fourth-order valence-corrected chi connectivity index (χ4v) is 2.01. The highest BCUT2D eigenvalue weighted by Gasteiger charge is 2.21. The lowest BCUT2D eigenvalue weighted by atomic mass is 10.1. The average molecular weight is 272 g/mol. The van der Waals surface area contributed by atoms with E-state index in [1.165, 1.54) is 10.9 Å². The number of hydrogen-bond donors (Lipinski definition) is 2. The highest BCUT2D eigenvalue weighted by Crippen LogP contribution is 2.10. The van der Waals surface area contributed by atoms with Crippen LogP contribution in [0.5, 0.6) is 0 Å². The van der Waals surface area contributed by atoms with Crippen LogP contribution in [-0.4, -0.2) is 21.6 Å². The molecule has 0 fully saturated rings. The molecule has 2 aromatic rings. The summed E-state index contributed by atoms with van der Waals surface area (Å²) in [6, 6.07) is 7.13. The summed E-state index contributed by atoms with van der Waals surface area (Å²) >= 11 is 0. The second-order valence-electron chi connectivity index (χ2n) is 4.64. The van der Waals surface area contributed by atoms with Gasteiger partial charge in [0.2, 0.25) is 6.17 Å². The predicted molar refractivity (Wildman–Crippen MR) is 73.8 cm³/mol. The maximum atomic E-state index is 12.2. The maximum Gasteiger partial charge on any atom is 0.262 e. The number of rotatable bonds is 4. The summed E-state index contributed by atoms with van der Waals surface area (Å²) in [7, 11) is 0. The van der Waals surface area contributed by atoms with Crippen molar-refractivity contribution < 1.29 is 9.59 Å². The number of carbonyl (C=O) groups excluding carboxylic acids is 2. The lowest BCUT2D eigenvalue weighted by Gasteiger charge is -2.16. The van der Waals surface area contributed by atoms with Crippen molar-refractivity contribution in [3.63, 3.8) is 0 Å². The molecular weight excluding hydrogens is 256 g/mol. The van der Waals surface area contributed by atoms with Crippen LogP contribution in [-0.2, 0) is 4.79 Å². The van der Waals surface area contributed by atoms with Crippen molar-refractivity contribution in [2.45, 2.75) is 20.0 Å².